The van der Waals surface area contributed by atoms with E-state index in [0.29, 0.717) is 17.9 Å². The van der Waals surface area contributed by atoms with Crippen LogP contribution in [-0.4, -0.2) is 28.6 Å². The van der Waals surface area contributed by atoms with Crippen molar-refractivity contribution in [3.05, 3.63) is 35.9 Å². The lowest BCUT2D eigenvalue weighted by atomic mass is 9.84. The normalized spacial score (nSPS) is 14.9. The predicted molar refractivity (Wildman–Crippen MR) is 88.4 cm³/mol. The monoisotopic (exact) mass is 324 g/mol. The number of ether oxygens (including phenoxy) is 1. The minimum absolute atomic E-state index is 0.0874. The van der Waals surface area contributed by atoms with Gasteiger partial charge in [0.1, 0.15) is 0 Å². The first kappa shape index (κ1) is 18.7. The Labute approximate surface area is 136 Å². The summed E-state index contributed by atoms with van der Waals surface area (Å²) in [6.45, 7) is 5.76. The summed E-state index contributed by atoms with van der Waals surface area (Å²) in [6.07, 6.45) is -0.796. The van der Waals surface area contributed by atoms with Crippen molar-refractivity contribution >= 4 is 22.8 Å². The topological polar surface area (TPSA) is 63.6 Å². The molecule has 0 heterocycles. The standard InChI is InChI=1S/C17H24O4S/c1-4-21-14(18)11-12(3)15(17(20)22-5-2)16(19)13-9-7-6-8-10-13/h6-10,12,15-16,19H,4-5,11H2,1-3H3/t12-,15-,16-/m1/s1. The van der Waals surface area contributed by atoms with E-state index in [1.54, 1.807) is 19.1 Å². The van der Waals surface area contributed by atoms with Crippen LogP contribution in [0, 0.1) is 11.8 Å². The molecule has 0 spiro atoms. The number of esters is 1. The van der Waals surface area contributed by atoms with Crippen LogP contribution < -0.4 is 0 Å². The molecule has 0 bridgehead atoms. The van der Waals surface area contributed by atoms with Gasteiger partial charge in [0.15, 0.2) is 5.12 Å². The van der Waals surface area contributed by atoms with E-state index in [9.17, 15) is 14.7 Å². The fourth-order valence-corrected chi connectivity index (χ4v) is 3.22. The van der Waals surface area contributed by atoms with Gasteiger partial charge in [-0.1, -0.05) is 55.9 Å². The van der Waals surface area contributed by atoms with Gasteiger partial charge in [-0.3, -0.25) is 9.59 Å². The van der Waals surface area contributed by atoms with Gasteiger partial charge in [-0.2, -0.15) is 0 Å². The van der Waals surface area contributed by atoms with Gasteiger partial charge < -0.3 is 9.84 Å². The van der Waals surface area contributed by atoms with Crippen LogP contribution >= 0.6 is 11.8 Å². The van der Waals surface area contributed by atoms with Crippen molar-refractivity contribution in [3.63, 3.8) is 0 Å². The quantitative estimate of drug-likeness (QED) is 0.744. The Bertz CT molecular complexity index is 475. The summed E-state index contributed by atoms with van der Waals surface area (Å²) >= 11 is 1.18. The third-order valence-corrected chi connectivity index (χ3v) is 4.29. The summed E-state index contributed by atoms with van der Waals surface area (Å²) in [6, 6.07) is 9.08. The van der Waals surface area contributed by atoms with Crippen LogP contribution in [0.3, 0.4) is 0 Å². The first-order valence-corrected chi connectivity index (χ1v) is 8.55. The van der Waals surface area contributed by atoms with Crippen molar-refractivity contribution in [2.45, 2.75) is 33.3 Å². The molecule has 22 heavy (non-hydrogen) atoms. The van der Waals surface area contributed by atoms with Gasteiger partial charge in [-0.25, -0.2) is 0 Å². The van der Waals surface area contributed by atoms with Crippen LogP contribution in [0.5, 0.6) is 0 Å². The van der Waals surface area contributed by atoms with Crippen LogP contribution in [-0.2, 0) is 14.3 Å². The van der Waals surface area contributed by atoms with Crippen LogP contribution in [0.15, 0.2) is 30.3 Å². The number of hydrogen-bond acceptors (Lipinski definition) is 5. The number of hydrogen-bond donors (Lipinski definition) is 1. The SMILES string of the molecule is CCOC(=O)C[C@@H](C)[C@@H](C(=O)SCC)[C@H](O)c1ccccc1. The van der Waals surface area contributed by atoms with Crippen molar-refractivity contribution in [2.24, 2.45) is 11.8 Å². The van der Waals surface area contributed by atoms with Crippen LogP contribution in [0.2, 0.25) is 0 Å². The third kappa shape index (κ3) is 5.46. The molecule has 0 aromatic heterocycles. The van der Waals surface area contributed by atoms with E-state index in [1.807, 2.05) is 32.0 Å². The molecule has 3 atom stereocenters. The highest BCUT2D eigenvalue weighted by atomic mass is 32.2. The molecule has 1 rings (SSSR count). The minimum Gasteiger partial charge on any atom is -0.466 e. The number of carbonyl (C=O) groups excluding carboxylic acids is 2. The Morgan fingerprint density at radius 2 is 1.86 bits per heavy atom. The molecule has 122 valence electrons. The van der Waals surface area contributed by atoms with Crippen molar-refractivity contribution < 1.29 is 19.4 Å². The van der Waals surface area contributed by atoms with E-state index in [-0.39, 0.29) is 23.4 Å². The second-order valence-electron chi connectivity index (χ2n) is 5.12. The van der Waals surface area contributed by atoms with Crippen molar-refractivity contribution in [1.29, 1.82) is 0 Å². The lowest BCUT2D eigenvalue weighted by Crippen LogP contribution is -2.29. The van der Waals surface area contributed by atoms with Gasteiger partial charge in [0.2, 0.25) is 0 Å². The number of carbonyl (C=O) groups is 2. The molecule has 4 nitrogen and oxygen atoms in total. The zero-order valence-corrected chi connectivity index (χ0v) is 14.1. The van der Waals surface area contributed by atoms with Gasteiger partial charge in [0, 0.05) is 6.42 Å². The summed E-state index contributed by atoms with van der Waals surface area (Å²) in [4.78, 5) is 24.1. The lowest BCUT2D eigenvalue weighted by Gasteiger charge is -2.27. The maximum atomic E-state index is 12.4. The van der Waals surface area contributed by atoms with E-state index < -0.39 is 12.0 Å². The summed E-state index contributed by atoms with van der Waals surface area (Å²) in [7, 11) is 0. The largest absolute Gasteiger partial charge is 0.466 e. The predicted octanol–water partition coefficient (Wildman–Crippen LogP) is 3.21. The van der Waals surface area contributed by atoms with Crippen molar-refractivity contribution in [1.82, 2.24) is 0 Å². The molecule has 1 aromatic carbocycles. The maximum Gasteiger partial charge on any atom is 0.306 e. The molecular formula is C17H24O4S. The molecular weight excluding hydrogens is 300 g/mol. The van der Waals surface area contributed by atoms with E-state index in [1.165, 1.54) is 11.8 Å². The van der Waals surface area contributed by atoms with Crippen molar-refractivity contribution in [3.8, 4) is 0 Å². The number of aliphatic hydroxyl groups excluding tert-OH is 1. The van der Waals surface area contributed by atoms with E-state index >= 15 is 0 Å². The summed E-state index contributed by atoms with van der Waals surface area (Å²) in [5.41, 5.74) is 0.688. The highest BCUT2D eigenvalue weighted by Crippen LogP contribution is 2.34. The molecule has 0 radical (unpaired) electrons. The molecule has 0 aliphatic rings. The average Bonchev–Trinajstić information content (AvgIpc) is 2.48. The van der Waals surface area contributed by atoms with E-state index in [0.717, 1.165) is 0 Å². The Balaban J connectivity index is 2.92. The number of aliphatic hydroxyl groups is 1. The Morgan fingerprint density at radius 1 is 1.23 bits per heavy atom. The second-order valence-corrected chi connectivity index (χ2v) is 6.39. The van der Waals surface area contributed by atoms with Crippen molar-refractivity contribution in [2.75, 3.05) is 12.4 Å². The highest BCUT2D eigenvalue weighted by molar-refractivity contribution is 8.13. The molecule has 0 unspecified atom stereocenters. The van der Waals surface area contributed by atoms with Gasteiger partial charge in [-0.15, -0.1) is 0 Å². The van der Waals surface area contributed by atoms with Gasteiger partial charge in [-0.05, 0) is 24.2 Å². The number of thioether (sulfide) groups is 1. The Morgan fingerprint density at radius 3 is 2.41 bits per heavy atom. The molecule has 0 aliphatic carbocycles. The fourth-order valence-electron chi connectivity index (χ4n) is 2.38. The zero-order valence-electron chi connectivity index (χ0n) is 13.3. The van der Waals surface area contributed by atoms with E-state index in [2.05, 4.69) is 0 Å². The minimum atomic E-state index is -0.919. The van der Waals surface area contributed by atoms with E-state index in [4.69, 9.17) is 4.74 Å². The number of rotatable bonds is 8. The highest BCUT2D eigenvalue weighted by Gasteiger charge is 2.34. The maximum absolute atomic E-state index is 12.4. The zero-order chi connectivity index (χ0) is 16.5. The van der Waals surface area contributed by atoms with Gasteiger partial charge in [0.05, 0.1) is 18.6 Å². The second kappa shape index (κ2) is 9.64. The van der Waals surface area contributed by atoms with Crippen LogP contribution in [0.25, 0.3) is 0 Å². The Kier molecular flexibility index (Phi) is 8.20. The molecule has 0 aliphatic heterocycles. The molecule has 0 saturated heterocycles. The lowest BCUT2D eigenvalue weighted by molar-refractivity contribution is -0.145. The van der Waals surface area contributed by atoms with Gasteiger partial charge >= 0.3 is 5.97 Å². The molecule has 0 fully saturated rings. The molecule has 1 aromatic rings. The smallest absolute Gasteiger partial charge is 0.306 e. The Hall–Kier alpha value is -1.33. The molecule has 0 amide bonds. The summed E-state index contributed by atoms with van der Waals surface area (Å²) < 4.78 is 4.95. The molecule has 1 N–H and O–H groups in total. The fraction of sp³-hybridized carbons (Fsp3) is 0.529. The first-order chi connectivity index (χ1) is 10.5. The molecule has 5 heteroatoms. The van der Waals surface area contributed by atoms with Crippen LogP contribution in [0.4, 0.5) is 0 Å². The number of benzene rings is 1. The van der Waals surface area contributed by atoms with Crippen LogP contribution in [0.1, 0.15) is 38.9 Å². The third-order valence-electron chi connectivity index (χ3n) is 3.45. The van der Waals surface area contributed by atoms with Gasteiger partial charge in [0.25, 0.3) is 0 Å². The average molecular weight is 324 g/mol. The summed E-state index contributed by atoms with van der Waals surface area (Å²) in [5.74, 6) is -0.615. The molecule has 0 saturated carbocycles. The summed E-state index contributed by atoms with van der Waals surface area (Å²) in [5, 5.41) is 10.5. The first-order valence-electron chi connectivity index (χ1n) is 7.56.